The maximum absolute atomic E-state index is 10.1. The normalized spacial score (nSPS) is 50.8. The number of aliphatic hydroxyl groups is 1. The molecule has 4 aliphatic rings. The summed E-state index contributed by atoms with van der Waals surface area (Å²) in [5.41, 5.74) is 2.54. The van der Waals surface area contributed by atoms with Crippen LogP contribution in [0.5, 0.6) is 0 Å². The summed E-state index contributed by atoms with van der Waals surface area (Å²) in [5.74, 6) is 4.29. The van der Waals surface area contributed by atoms with Crippen molar-refractivity contribution in [1.82, 2.24) is 0 Å². The maximum Gasteiger partial charge on any atom is 0.0577 e. The minimum atomic E-state index is -0.0812. The van der Waals surface area contributed by atoms with Crippen LogP contribution in [-0.4, -0.2) is 11.2 Å². The van der Waals surface area contributed by atoms with Crippen molar-refractivity contribution >= 4 is 0 Å². The van der Waals surface area contributed by atoms with Gasteiger partial charge in [-0.2, -0.15) is 0 Å². The molecule has 25 heavy (non-hydrogen) atoms. The highest BCUT2D eigenvalue weighted by atomic mass is 16.3. The van der Waals surface area contributed by atoms with E-state index in [4.69, 9.17) is 0 Å². The molecule has 1 nitrogen and oxygen atoms in total. The summed E-state index contributed by atoms with van der Waals surface area (Å²) >= 11 is 0. The topological polar surface area (TPSA) is 20.2 Å². The van der Waals surface area contributed by atoms with Crippen LogP contribution >= 0.6 is 0 Å². The molecule has 4 rings (SSSR count). The van der Waals surface area contributed by atoms with Gasteiger partial charge in [-0.25, -0.2) is 0 Å². The van der Waals surface area contributed by atoms with Crippen molar-refractivity contribution in [1.29, 1.82) is 0 Å². The van der Waals surface area contributed by atoms with Crippen LogP contribution in [0, 0.1) is 40.4 Å². The van der Waals surface area contributed by atoms with E-state index in [1.807, 2.05) is 0 Å². The highest BCUT2D eigenvalue weighted by molar-refractivity contribution is 5.25. The molecule has 0 aromatic carbocycles. The number of allylic oxidation sites excluding steroid dienone is 3. The second-order valence-electron chi connectivity index (χ2n) is 10.3. The molecule has 0 amide bonds. The lowest BCUT2D eigenvalue weighted by Crippen LogP contribution is -2.50. The lowest BCUT2D eigenvalue weighted by Gasteiger charge is -2.58. The van der Waals surface area contributed by atoms with Crippen molar-refractivity contribution in [2.45, 2.75) is 85.2 Å². The molecule has 3 saturated carbocycles. The Labute approximate surface area is 155 Å². The molecule has 1 N–H and O–H groups in total. The van der Waals surface area contributed by atoms with E-state index in [1.54, 1.807) is 5.57 Å². The fraction of sp³-hybridized carbons (Fsp3) is 0.833. The zero-order chi connectivity index (χ0) is 17.8. The summed E-state index contributed by atoms with van der Waals surface area (Å²) in [6.45, 7) is 9.80. The molecule has 1 heteroatoms. The van der Waals surface area contributed by atoms with Gasteiger partial charge in [-0.05, 0) is 98.7 Å². The van der Waals surface area contributed by atoms with Gasteiger partial charge in [0.2, 0.25) is 0 Å². The highest BCUT2D eigenvalue weighted by Crippen LogP contribution is 2.67. The quantitative estimate of drug-likeness (QED) is 0.598. The lowest BCUT2D eigenvalue weighted by atomic mass is 9.47. The Balaban J connectivity index is 1.62. The molecule has 0 spiro atoms. The minimum absolute atomic E-state index is 0.0812. The average molecular weight is 343 g/mol. The molecule has 140 valence electrons. The third-order valence-electron chi connectivity index (χ3n) is 9.28. The third kappa shape index (κ3) is 2.59. The molecular formula is C24H38O. The van der Waals surface area contributed by atoms with Crippen LogP contribution in [0.15, 0.2) is 23.8 Å². The van der Waals surface area contributed by atoms with Crippen LogP contribution in [0.3, 0.4) is 0 Å². The summed E-state index contributed by atoms with van der Waals surface area (Å²) in [4.78, 5) is 0. The number of hydrogen-bond acceptors (Lipinski definition) is 1. The van der Waals surface area contributed by atoms with Gasteiger partial charge in [0.25, 0.3) is 0 Å². The Hall–Kier alpha value is -0.560. The Morgan fingerprint density at radius 2 is 1.92 bits per heavy atom. The molecule has 0 saturated heterocycles. The standard InChI is InChI=1S/C24H38O/c1-5-6-16(2)20-9-10-21-19-8-7-17-15-18(25)11-13-23(17,3)22(19)12-14-24(20,21)4/h5-7,16,18-22,25H,8-15H2,1-4H3/b6-5+/t16?,18-,19?,20?,21?,22?,23?,24?/m0/s1. The molecule has 4 aliphatic carbocycles. The van der Waals surface area contributed by atoms with Crippen LogP contribution in [0.2, 0.25) is 0 Å². The van der Waals surface area contributed by atoms with Gasteiger partial charge in [0, 0.05) is 0 Å². The van der Waals surface area contributed by atoms with Crippen molar-refractivity contribution in [3.63, 3.8) is 0 Å². The molecule has 0 aromatic rings. The largest absolute Gasteiger partial charge is 0.393 e. The van der Waals surface area contributed by atoms with Crippen molar-refractivity contribution < 1.29 is 5.11 Å². The second kappa shape index (κ2) is 6.25. The van der Waals surface area contributed by atoms with Gasteiger partial charge in [-0.1, -0.05) is 44.6 Å². The molecule has 0 heterocycles. The van der Waals surface area contributed by atoms with E-state index in [0.717, 1.165) is 42.4 Å². The first-order valence-corrected chi connectivity index (χ1v) is 10.9. The molecule has 0 bridgehead atoms. The summed E-state index contributed by atoms with van der Waals surface area (Å²) in [6, 6.07) is 0. The van der Waals surface area contributed by atoms with Crippen LogP contribution in [-0.2, 0) is 0 Å². The predicted molar refractivity (Wildman–Crippen MR) is 105 cm³/mol. The first kappa shape index (κ1) is 17.8. The minimum Gasteiger partial charge on any atom is -0.393 e. The third-order valence-corrected chi connectivity index (χ3v) is 9.28. The van der Waals surface area contributed by atoms with Crippen molar-refractivity contribution in [3.05, 3.63) is 23.8 Å². The van der Waals surface area contributed by atoms with Gasteiger partial charge in [0.15, 0.2) is 0 Å². The van der Waals surface area contributed by atoms with E-state index in [2.05, 4.69) is 45.9 Å². The molecule has 0 aliphatic heterocycles. The molecule has 0 aromatic heterocycles. The molecule has 7 unspecified atom stereocenters. The summed E-state index contributed by atoms with van der Waals surface area (Å²) in [5, 5.41) is 10.1. The Bertz CT molecular complexity index is 575. The number of fused-ring (bicyclic) bond motifs is 5. The predicted octanol–water partition coefficient (Wildman–Crippen LogP) is 6.14. The SMILES string of the molecule is C/C=C/C(C)C1CCC2C3CC=C4C[C@@H](O)CCC4(C)C3CCC12C. The second-order valence-corrected chi connectivity index (χ2v) is 10.3. The zero-order valence-electron chi connectivity index (χ0n) is 16.8. The fourth-order valence-electron chi connectivity index (χ4n) is 7.98. The molecule has 3 fully saturated rings. The maximum atomic E-state index is 10.1. The van der Waals surface area contributed by atoms with Crippen LogP contribution in [0.1, 0.15) is 79.1 Å². The van der Waals surface area contributed by atoms with Gasteiger partial charge in [0.1, 0.15) is 0 Å². The van der Waals surface area contributed by atoms with Gasteiger partial charge >= 0.3 is 0 Å². The monoisotopic (exact) mass is 342 g/mol. The Kier molecular flexibility index (Phi) is 4.46. The summed E-state index contributed by atoms with van der Waals surface area (Å²) in [6.07, 6.45) is 17.4. The van der Waals surface area contributed by atoms with E-state index in [9.17, 15) is 5.11 Å². The van der Waals surface area contributed by atoms with E-state index in [0.29, 0.717) is 10.8 Å². The lowest BCUT2D eigenvalue weighted by molar-refractivity contribution is -0.0540. The Morgan fingerprint density at radius 3 is 2.68 bits per heavy atom. The Morgan fingerprint density at radius 1 is 1.12 bits per heavy atom. The summed E-state index contributed by atoms with van der Waals surface area (Å²) in [7, 11) is 0. The van der Waals surface area contributed by atoms with Crippen molar-refractivity contribution in [3.8, 4) is 0 Å². The first-order valence-electron chi connectivity index (χ1n) is 10.9. The summed E-state index contributed by atoms with van der Waals surface area (Å²) < 4.78 is 0. The molecular weight excluding hydrogens is 304 g/mol. The van der Waals surface area contributed by atoms with Crippen LogP contribution in [0.25, 0.3) is 0 Å². The van der Waals surface area contributed by atoms with Gasteiger partial charge < -0.3 is 5.11 Å². The molecule has 0 radical (unpaired) electrons. The van der Waals surface area contributed by atoms with E-state index in [-0.39, 0.29) is 6.10 Å². The number of rotatable bonds is 2. The first-order chi connectivity index (χ1) is 11.9. The van der Waals surface area contributed by atoms with Crippen LogP contribution < -0.4 is 0 Å². The van der Waals surface area contributed by atoms with Crippen molar-refractivity contribution in [2.75, 3.05) is 0 Å². The van der Waals surface area contributed by atoms with Gasteiger partial charge in [-0.3, -0.25) is 0 Å². The number of aliphatic hydroxyl groups excluding tert-OH is 1. The van der Waals surface area contributed by atoms with Gasteiger partial charge in [0.05, 0.1) is 6.10 Å². The van der Waals surface area contributed by atoms with E-state index < -0.39 is 0 Å². The fourth-order valence-corrected chi connectivity index (χ4v) is 7.98. The smallest absolute Gasteiger partial charge is 0.0577 e. The van der Waals surface area contributed by atoms with Crippen LogP contribution in [0.4, 0.5) is 0 Å². The van der Waals surface area contributed by atoms with Crippen molar-refractivity contribution in [2.24, 2.45) is 40.4 Å². The number of hydrogen-bond donors (Lipinski definition) is 1. The highest BCUT2D eigenvalue weighted by Gasteiger charge is 2.58. The van der Waals surface area contributed by atoms with Gasteiger partial charge in [-0.15, -0.1) is 0 Å². The average Bonchev–Trinajstić information content (AvgIpc) is 2.93. The van der Waals surface area contributed by atoms with E-state index >= 15 is 0 Å². The zero-order valence-corrected chi connectivity index (χ0v) is 16.8. The van der Waals surface area contributed by atoms with E-state index in [1.165, 1.54) is 38.5 Å². The molecule has 8 atom stereocenters.